The van der Waals surface area contributed by atoms with Crippen molar-refractivity contribution in [3.8, 4) is 11.5 Å². The molecule has 4 fully saturated rings. The normalized spacial score (nSPS) is 26.0. The number of carboxylic acids is 1. The van der Waals surface area contributed by atoms with Gasteiger partial charge in [0.2, 0.25) is 0 Å². The second kappa shape index (κ2) is 34.5. The van der Waals surface area contributed by atoms with Gasteiger partial charge in [0.15, 0.2) is 25.8 Å². The Morgan fingerprint density at radius 3 is 1.53 bits per heavy atom. The number of esters is 1. The van der Waals surface area contributed by atoms with Crippen molar-refractivity contribution in [3.05, 3.63) is 130 Å². The van der Waals surface area contributed by atoms with Gasteiger partial charge in [-0.25, -0.2) is 9.59 Å². The van der Waals surface area contributed by atoms with Gasteiger partial charge in [0, 0.05) is 13.2 Å². The number of aliphatic hydroxyl groups excluding tert-OH is 3. The van der Waals surface area contributed by atoms with Crippen molar-refractivity contribution < 1.29 is 67.9 Å². The number of carbonyl (C=O) groups is 2. The van der Waals surface area contributed by atoms with Crippen LogP contribution in [0.5, 0.6) is 11.5 Å². The van der Waals surface area contributed by atoms with Crippen molar-refractivity contribution in [1.82, 2.24) is 0 Å². The summed E-state index contributed by atoms with van der Waals surface area (Å²) in [5.74, 6) is 2.46. The second-order valence-corrected chi connectivity index (χ2v) is 23.6. The summed E-state index contributed by atoms with van der Waals surface area (Å²) in [6.07, 6.45) is 17.3. The molecule has 17 heteroatoms. The number of aliphatic carboxylic acids is 1. The molecule has 2 saturated heterocycles. The van der Waals surface area contributed by atoms with E-state index in [9.17, 15) is 19.8 Å². The summed E-state index contributed by atoms with van der Waals surface area (Å²) in [6.45, 7) is 6.56. The van der Waals surface area contributed by atoms with E-state index in [2.05, 4.69) is 26.0 Å². The van der Waals surface area contributed by atoms with E-state index in [0.29, 0.717) is 36.3 Å². The molecule has 0 bridgehead atoms. The predicted molar refractivity (Wildman–Crippen MR) is 314 cm³/mol. The number of hydrogen-bond acceptors (Lipinski definition) is 13. The molecule has 4 aromatic carbocycles. The molecule has 4 aliphatic carbocycles. The molecule has 10 rings (SSSR count). The van der Waals surface area contributed by atoms with Crippen LogP contribution in [0, 0.1) is 35.5 Å². The molecule has 6 aliphatic rings. The topological polar surface area (TPSA) is 197 Å². The fourth-order valence-electron chi connectivity index (χ4n) is 13.1. The first kappa shape index (κ1) is 64.3. The largest absolute Gasteiger partial charge is 0.392 e. The minimum Gasteiger partial charge on any atom is -0.392 e. The minimum atomic E-state index is -0.964. The maximum absolute atomic E-state index is 12.3. The zero-order valence-electron chi connectivity index (χ0n) is 47.5. The summed E-state index contributed by atoms with van der Waals surface area (Å²) in [7, 11) is -0.0679. The fraction of sp³-hybridized carbons (Fsp3) is 0.594. The van der Waals surface area contributed by atoms with Crippen LogP contribution in [0.15, 0.2) is 97.1 Å². The van der Waals surface area contributed by atoms with Crippen LogP contribution in [0.25, 0.3) is 0 Å². The molecule has 0 radical (unpaired) electrons. The van der Waals surface area contributed by atoms with E-state index >= 15 is 0 Å². The summed E-state index contributed by atoms with van der Waals surface area (Å²) >= 11 is 4.85. The average molecular weight is 1160 g/mol. The van der Waals surface area contributed by atoms with Gasteiger partial charge in [-0.1, -0.05) is 98.8 Å². The Bertz CT molecular complexity index is 2480. The molecule has 2 saturated carbocycles. The van der Waals surface area contributed by atoms with E-state index in [1.54, 1.807) is 0 Å². The Morgan fingerprint density at radius 2 is 1.12 bits per heavy atom. The number of fused-ring (bicyclic) bond motifs is 4. The zero-order valence-corrected chi connectivity index (χ0v) is 49.2. The van der Waals surface area contributed by atoms with Gasteiger partial charge in [0.1, 0.15) is 18.1 Å². The molecule has 3 unspecified atom stereocenters. The average Bonchev–Trinajstić information content (AvgIpc) is 4.13. The summed E-state index contributed by atoms with van der Waals surface area (Å²) in [5.41, 5.74) is 6.75. The Balaban J connectivity index is 0.000000196. The number of benzene rings is 4. The van der Waals surface area contributed by atoms with Crippen LogP contribution in [0.1, 0.15) is 137 Å². The van der Waals surface area contributed by atoms with Crippen molar-refractivity contribution in [3.63, 3.8) is 0 Å². The fourth-order valence-corrected chi connectivity index (χ4v) is 13.1. The molecule has 442 valence electrons. The summed E-state index contributed by atoms with van der Waals surface area (Å²) in [4.78, 5) is 23.2. The van der Waals surface area contributed by atoms with Gasteiger partial charge in [0.05, 0.1) is 31.0 Å². The van der Waals surface area contributed by atoms with Gasteiger partial charge in [-0.05, 0) is 197 Å². The first-order chi connectivity index (χ1) is 39.5. The first-order valence-corrected chi connectivity index (χ1v) is 31.8. The smallest absolute Gasteiger partial charge is 0.0681 e. The molecule has 0 amide bonds. The molecule has 4 aromatic rings. The third-order valence-corrected chi connectivity index (χ3v) is 17.6. The summed E-state index contributed by atoms with van der Waals surface area (Å²) in [5, 5.41) is 39.4. The van der Waals surface area contributed by atoms with Crippen LogP contribution in [-0.4, -0.2) is 103 Å². The second-order valence-electron chi connectivity index (χ2n) is 22.5. The van der Waals surface area contributed by atoms with Crippen LogP contribution in [0.4, 0.5) is 0 Å². The molecule has 0 aromatic heterocycles. The molecular weight excluding hydrogens is 1070 g/mol. The predicted octanol–water partition coefficient (Wildman–Crippen LogP) is 11.5. The number of ether oxygens (including phenoxy) is 7. The number of halogens is 1. The van der Waals surface area contributed by atoms with Crippen LogP contribution in [0.3, 0.4) is 0 Å². The van der Waals surface area contributed by atoms with E-state index in [1.807, 2.05) is 84.9 Å². The van der Waals surface area contributed by atoms with Gasteiger partial charge >= 0.3 is 42.6 Å². The summed E-state index contributed by atoms with van der Waals surface area (Å²) < 4.78 is 50.0. The van der Waals surface area contributed by atoms with Crippen molar-refractivity contribution in [2.75, 3.05) is 26.4 Å². The number of carboxylic acid groups (broad SMARTS) is 1. The molecule has 13 atom stereocenters. The van der Waals surface area contributed by atoms with E-state index in [4.69, 9.17) is 59.3 Å². The third-order valence-electron chi connectivity index (χ3n) is 17.2. The molecular formula is C64H87BClO14P. The third kappa shape index (κ3) is 19.9. The Hall–Kier alpha value is -4.28. The Labute approximate surface area is 487 Å². The number of hydrogen-bond donors (Lipinski definition) is 4. The monoisotopic (exact) mass is 1160 g/mol. The maximum Gasteiger partial charge on any atom is 0.0681 e. The van der Waals surface area contributed by atoms with Gasteiger partial charge in [0.25, 0.3) is 0 Å². The first-order valence-electron chi connectivity index (χ1n) is 29.7. The number of rotatable bonds is 22. The molecule has 2 aliphatic heterocycles. The van der Waals surface area contributed by atoms with Gasteiger partial charge in [-0.2, -0.15) is 0 Å². The molecule has 0 spiro atoms. The molecule has 14 nitrogen and oxygen atoms in total. The molecule has 81 heavy (non-hydrogen) atoms. The standard InChI is InChI=1S/C32H42O6.C25H36O6.C7H8O.BClHOP/c1-2-25(38-32-13-6-7-16-35-32)14-15-26-27-17-23-11-8-12-30(28(23)18-24(27)19-29(26)33)36-21-31(34)37-20-22-9-4-3-5-10-22;1-2-18(31-25-8-3-4-11-29-25)9-10-19-20-12-16-6-5-7-23(30-15-24(27)28)21(16)13-17(20)14-22(19)26;8-6-7-4-2-1-3-5-7;2-4-1-3/h3-5,8-12,24-27,29,32-33H,2,6-7,13-21H2,1H3;5-7,17-20,22,25-26H,2-4,8-15H2,1H3,(H,27,28);1-5,8H,6H2;4H/t24-,25-,26+,27-,29+,32?;17-,18-,19+,20-,22+,25?;;/m00../s1. The van der Waals surface area contributed by atoms with Crippen LogP contribution < -0.4 is 9.47 Å². The SMILES string of the molecule is CC[C@@H](CC[C@@H]1[C@H]2Cc3cccc(OCC(=O)O)c3C[C@H]2C[C@H]1O)OC1CCCCO1.CC[C@@H](CC[C@@H]1[C@H]2Cc3cccc(OCC(=O)OCc4ccccc4)c3C[C@H]2C[C@H]1O)OC1CCCCO1.O=BPCl.OCc1ccccc1. The van der Waals surface area contributed by atoms with Gasteiger partial charge in [-0.3, -0.25) is 0 Å². The van der Waals surface area contributed by atoms with E-state index in [-0.39, 0.29) is 89.0 Å². The van der Waals surface area contributed by atoms with Crippen molar-refractivity contribution in [2.24, 2.45) is 35.5 Å². The van der Waals surface area contributed by atoms with Gasteiger partial charge in [-0.15, -0.1) is 0 Å². The van der Waals surface area contributed by atoms with Crippen molar-refractivity contribution >= 4 is 37.9 Å². The molecule has 2 heterocycles. The number of aliphatic hydroxyl groups is 3. The number of carbonyl (C=O) groups excluding carboxylic acids is 1. The van der Waals surface area contributed by atoms with Crippen LogP contribution >= 0.6 is 19.1 Å². The van der Waals surface area contributed by atoms with E-state index < -0.39 is 5.97 Å². The summed E-state index contributed by atoms with van der Waals surface area (Å²) in [6, 6.07) is 31.2. The maximum atomic E-state index is 12.3. The van der Waals surface area contributed by atoms with Crippen LogP contribution in [-0.2, 0) is 76.9 Å². The van der Waals surface area contributed by atoms with Crippen LogP contribution in [0.2, 0.25) is 0 Å². The Kier molecular flexibility index (Phi) is 27.4. The van der Waals surface area contributed by atoms with E-state index in [1.165, 1.54) is 29.5 Å². The van der Waals surface area contributed by atoms with Gasteiger partial charge < -0.3 is 53.6 Å². The zero-order chi connectivity index (χ0) is 57.3. The van der Waals surface area contributed by atoms with E-state index in [0.717, 1.165) is 138 Å². The Morgan fingerprint density at radius 1 is 0.654 bits per heavy atom. The van der Waals surface area contributed by atoms with Crippen molar-refractivity contribution in [2.45, 2.75) is 180 Å². The quantitative estimate of drug-likeness (QED) is 0.0329. The molecule has 4 N–H and O–H groups in total. The van der Waals surface area contributed by atoms with Crippen molar-refractivity contribution in [1.29, 1.82) is 0 Å². The minimum absolute atomic E-state index is 0.0641.